The van der Waals surface area contributed by atoms with Crippen molar-refractivity contribution in [3.8, 4) is 0 Å². The number of hydrogen-bond donors (Lipinski definition) is 1. The second kappa shape index (κ2) is 6.47. The maximum Gasteiger partial charge on any atom is 0.129 e. The predicted octanol–water partition coefficient (Wildman–Crippen LogP) is 2.83. The Labute approximate surface area is 117 Å². The fourth-order valence-corrected chi connectivity index (χ4v) is 2.59. The van der Waals surface area contributed by atoms with E-state index in [9.17, 15) is 0 Å². The minimum atomic E-state index is 0.634. The highest BCUT2D eigenvalue weighted by molar-refractivity contribution is 5.25. The van der Waals surface area contributed by atoms with Gasteiger partial charge in [0.2, 0.25) is 0 Å². The van der Waals surface area contributed by atoms with Crippen LogP contribution >= 0.6 is 0 Å². The van der Waals surface area contributed by atoms with Crippen molar-refractivity contribution in [2.24, 2.45) is 11.8 Å². The van der Waals surface area contributed by atoms with Gasteiger partial charge in [0.05, 0.1) is 0 Å². The van der Waals surface area contributed by atoms with Crippen LogP contribution in [0, 0.1) is 25.7 Å². The van der Waals surface area contributed by atoms with Gasteiger partial charge >= 0.3 is 0 Å². The average Bonchev–Trinajstić information content (AvgIpc) is 3.15. The van der Waals surface area contributed by atoms with E-state index < -0.39 is 0 Å². The standard InChI is InChI=1S/C16H27N3/c1-5-17-10-11(2)8-15-12(3)18-16(19-13(15)4)9-14-6-7-14/h11,14,17H,5-10H2,1-4H3. The summed E-state index contributed by atoms with van der Waals surface area (Å²) in [5.41, 5.74) is 3.72. The van der Waals surface area contributed by atoms with Gasteiger partial charge in [0.15, 0.2) is 0 Å². The SMILES string of the molecule is CCNCC(C)Cc1c(C)nc(CC2CC2)nc1C. The molecule has 0 bridgehead atoms. The van der Waals surface area contributed by atoms with Crippen LogP contribution in [0.1, 0.15) is 49.5 Å². The molecular weight excluding hydrogens is 234 g/mol. The van der Waals surface area contributed by atoms with Gasteiger partial charge in [-0.15, -0.1) is 0 Å². The molecule has 1 aromatic heterocycles. The molecule has 0 saturated heterocycles. The summed E-state index contributed by atoms with van der Waals surface area (Å²) in [5.74, 6) is 2.55. The van der Waals surface area contributed by atoms with Crippen LogP contribution in [0.25, 0.3) is 0 Å². The molecule has 1 atom stereocenters. The molecule has 2 rings (SSSR count). The smallest absolute Gasteiger partial charge is 0.129 e. The lowest BCUT2D eigenvalue weighted by Gasteiger charge is -2.16. The molecule has 1 unspecified atom stereocenters. The van der Waals surface area contributed by atoms with Crippen molar-refractivity contribution < 1.29 is 0 Å². The van der Waals surface area contributed by atoms with E-state index in [2.05, 4.69) is 33.0 Å². The van der Waals surface area contributed by atoms with Crippen LogP contribution in [-0.4, -0.2) is 23.1 Å². The molecular formula is C16H27N3. The summed E-state index contributed by atoms with van der Waals surface area (Å²) in [6.07, 6.45) is 4.88. The maximum absolute atomic E-state index is 4.72. The monoisotopic (exact) mass is 261 g/mol. The van der Waals surface area contributed by atoms with Gasteiger partial charge in [-0.2, -0.15) is 0 Å². The van der Waals surface area contributed by atoms with Crippen LogP contribution in [-0.2, 0) is 12.8 Å². The lowest BCUT2D eigenvalue weighted by Crippen LogP contribution is -2.22. The van der Waals surface area contributed by atoms with E-state index in [0.717, 1.165) is 37.7 Å². The Morgan fingerprint density at radius 2 is 1.84 bits per heavy atom. The van der Waals surface area contributed by atoms with Crippen molar-refractivity contribution in [3.05, 3.63) is 22.8 Å². The van der Waals surface area contributed by atoms with E-state index in [1.807, 2.05) is 0 Å². The van der Waals surface area contributed by atoms with Crippen molar-refractivity contribution in [1.82, 2.24) is 15.3 Å². The summed E-state index contributed by atoms with van der Waals surface area (Å²) in [6.45, 7) is 10.8. The van der Waals surface area contributed by atoms with Gasteiger partial charge in [0.25, 0.3) is 0 Å². The molecule has 1 aliphatic rings. The highest BCUT2D eigenvalue weighted by atomic mass is 14.9. The van der Waals surface area contributed by atoms with Gasteiger partial charge in [-0.05, 0) is 63.6 Å². The Morgan fingerprint density at radius 3 is 2.37 bits per heavy atom. The van der Waals surface area contributed by atoms with Crippen LogP contribution in [0.3, 0.4) is 0 Å². The third-order valence-corrected chi connectivity index (χ3v) is 3.93. The van der Waals surface area contributed by atoms with Crippen molar-refractivity contribution in [1.29, 1.82) is 0 Å². The molecule has 3 nitrogen and oxygen atoms in total. The maximum atomic E-state index is 4.72. The molecule has 0 spiro atoms. The zero-order chi connectivity index (χ0) is 13.8. The minimum Gasteiger partial charge on any atom is -0.317 e. The average molecular weight is 261 g/mol. The zero-order valence-corrected chi connectivity index (χ0v) is 12.8. The molecule has 1 fully saturated rings. The minimum absolute atomic E-state index is 0.634. The van der Waals surface area contributed by atoms with E-state index in [0.29, 0.717) is 5.92 Å². The molecule has 1 heterocycles. The summed E-state index contributed by atoms with van der Waals surface area (Å²) in [5, 5.41) is 3.41. The van der Waals surface area contributed by atoms with Crippen molar-refractivity contribution in [3.63, 3.8) is 0 Å². The van der Waals surface area contributed by atoms with Gasteiger partial charge in [-0.1, -0.05) is 13.8 Å². The van der Waals surface area contributed by atoms with E-state index in [-0.39, 0.29) is 0 Å². The van der Waals surface area contributed by atoms with Gasteiger partial charge in [0, 0.05) is 17.8 Å². The van der Waals surface area contributed by atoms with Crippen LogP contribution in [0.2, 0.25) is 0 Å². The molecule has 19 heavy (non-hydrogen) atoms. The Bertz CT molecular complexity index is 401. The first kappa shape index (κ1) is 14.4. The Hall–Kier alpha value is -0.960. The second-order valence-electron chi connectivity index (χ2n) is 6.05. The molecule has 0 radical (unpaired) electrons. The lowest BCUT2D eigenvalue weighted by atomic mass is 9.98. The number of nitrogens with zero attached hydrogens (tertiary/aromatic N) is 2. The van der Waals surface area contributed by atoms with E-state index in [1.54, 1.807) is 0 Å². The van der Waals surface area contributed by atoms with Gasteiger partial charge in [0.1, 0.15) is 5.82 Å². The Morgan fingerprint density at radius 1 is 1.21 bits per heavy atom. The number of hydrogen-bond acceptors (Lipinski definition) is 3. The normalized spacial score (nSPS) is 16.6. The molecule has 1 N–H and O–H groups in total. The van der Waals surface area contributed by atoms with Crippen molar-refractivity contribution in [2.75, 3.05) is 13.1 Å². The number of nitrogens with one attached hydrogen (secondary N) is 1. The van der Waals surface area contributed by atoms with Crippen LogP contribution < -0.4 is 5.32 Å². The Kier molecular flexibility index (Phi) is 4.92. The lowest BCUT2D eigenvalue weighted by molar-refractivity contribution is 0.517. The molecule has 1 aliphatic carbocycles. The second-order valence-corrected chi connectivity index (χ2v) is 6.05. The zero-order valence-electron chi connectivity index (χ0n) is 12.8. The fraction of sp³-hybridized carbons (Fsp3) is 0.750. The molecule has 1 aromatic rings. The van der Waals surface area contributed by atoms with E-state index in [4.69, 9.17) is 9.97 Å². The van der Waals surface area contributed by atoms with Gasteiger partial charge in [-0.25, -0.2) is 9.97 Å². The van der Waals surface area contributed by atoms with Gasteiger partial charge < -0.3 is 5.32 Å². The first-order chi connectivity index (χ1) is 9.10. The van der Waals surface area contributed by atoms with Crippen LogP contribution in [0.5, 0.6) is 0 Å². The summed E-state index contributed by atoms with van der Waals surface area (Å²) in [4.78, 5) is 9.43. The van der Waals surface area contributed by atoms with Crippen LogP contribution in [0.4, 0.5) is 0 Å². The van der Waals surface area contributed by atoms with E-state index in [1.165, 1.54) is 29.8 Å². The molecule has 0 aromatic carbocycles. The molecule has 1 saturated carbocycles. The van der Waals surface area contributed by atoms with Gasteiger partial charge in [-0.3, -0.25) is 0 Å². The first-order valence-corrected chi connectivity index (χ1v) is 7.63. The predicted molar refractivity (Wildman–Crippen MR) is 79.3 cm³/mol. The molecule has 106 valence electrons. The van der Waals surface area contributed by atoms with Crippen LogP contribution in [0.15, 0.2) is 0 Å². The summed E-state index contributed by atoms with van der Waals surface area (Å²) >= 11 is 0. The molecule has 3 heteroatoms. The quantitative estimate of drug-likeness (QED) is 0.820. The highest BCUT2D eigenvalue weighted by Gasteiger charge is 2.23. The third-order valence-electron chi connectivity index (χ3n) is 3.93. The fourth-order valence-electron chi connectivity index (χ4n) is 2.59. The summed E-state index contributed by atoms with van der Waals surface area (Å²) in [6, 6.07) is 0. The Balaban J connectivity index is 2.03. The number of aromatic nitrogens is 2. The number of aryl methyl sites for hydroxylation is 2. The first-order valence-electron chi connectivity index (χ1n) is 7.63. The topological polar surface area (TPSA) is 37.8 Å². The van der Waals surface area contributed by atoms with Crippen molar-refractivity contribution >= 4 is 0 Å². The molecule has 0 amide bonds. The summed E-state index contributed by atoms with van der Waals surface area (Å²) in [7, 11) is 0. The third kappa shape index (κ3) is 4.27. The number of rotatable bonds is 7. The highest BCUT2D eigenvalue weighted by Crippen LogP contribution is 2.32. The van der Waals surface area contributed by atoms with E-state index >= 15 is 0 Å². The summed E-state index contributed by atoms with van der Waals surface area (Å²) < 4.78 is 0. The molecule has 0 aliphatic heterocycles. The largest absolute Gasteiger partial charge is 0.317 e. The van der Waals surface area contributed by atoms with Crippen molar-refractivity contribution in [2.45, 2.75) is 53.4 Å².